The van der Waals surface area contributed by atoms with E-state index in [1.807, 2.05) is 0 Å². The van der Waals surface area contributed by atoms with E-state index < -0.39 is 21.7 Å². The summed E-state index contributed by atoms with van der Waals surface area (Å²) in [5.74, 6) is -0.937. The zero-order valence-electron chi connectivity index (χ0n) is 12.8. The predicted octanol–water partition coefficient (Wildman–Crippen LogP) is 2.68. The molecule has 1 amide bonds. The average molecular weight is 336 g/mol. The number of rotatable bonds is 5. The maximum absolute atomic E-state index is 13.5. The molecule has 0 fully saturated rings. The molecule has 0 radical (unpaired) electrons. The Balaban J connectivity index is 2.24. The van der Waals surface area contributed by atoms with E-state index in [-0.39, 0.29) is 17.0 Å². The predicted molar refractivity (Wildman–Crippen MR) is 86.4 cm³/mol. The van der Waals surface area contributed by atoms with Crippen molar-refractivity contribution in [3.8, 4) is 0 Å². The third kappa shape index (κ3) is 4.14. The number of carbonyl (C=O) groups is 1. The lowest BCUT2D eigenvalue weighted by atomic mass is 10.2. The van der Waals surface area contributed by atoms with Crippen LogP contribution < -0.4 is 10.0 Å². The molecule has 0 saturated carbocycles. The number of nitrogens with one attached hydrogen (secondary N) is 2. The summed E-state index contributed by atoms with van der Waals surface area (Å²) < 4.78 is 39.8. The highest BCUT2D eigenvalue weighted by Gasteiger charge is 2.15. The molecule has 0 aliphatic rings. The Kier molecular flexibility index (Phi) is 5.12. The molecule has 0 bridgehead atoms. The van der Waals surface area contributed by atoms with E-state index in [2.05, 4.69) is 10.0 Å². The van der Waals surface area contributed by atoms with Crippen LogP contribution in [0.1, 0.15) is 22.8 Å². The Bertz CT molecular complexity index is 835. The maximum Gasteiger partial charge on any atom is 0.255 e. The Morgan fingerprint density at radius 1 is 1.17 bits per heavy atom. The van der Waals surface area contributed by atoms with Gasteiger partial charge >= 0.3 is 0 Å². The molecule has 2 N–H and O–H groups in total. The summed E-state index contributed by atoms with van der Waals surface area (Å²) in [5.41, 5.74) is 0.949. The number of aryl methyl sites for hydroxylation is 1. The van der Waals surface area contributed by atoms with Crippen molar-refractivity contribution in [3.63, 3.8) is 0 Å². The molecule has 2 rings (SSSR count). The molecule has 0 aliphatic heterocycles. The Hall–Kier alpha value is -2.25. The molecule has 0 aliphatic carbocycles. The highest BCUT2D eigenvalue weighted by atomic mass is 32.2. The lowest BCUT2D eigenvalue weighted by Crippen LogP contribution is -2.23. The average Bonchev–Trinajstić information content (AvgIpc) is 2.51. The Labute approximate surface area is 134 Å². The molecular weight excluding hydrogens is 319 g/mol. The molecule has 0 heterocycles. The van der Waals surface area contributed by atoms with Crippen LogP contribution in [-0.4, -0.2) is 20.9 Å². The molecular formula is C16H17FN2O3S. The van der Waals surface area contributed by atoms with Crippen molar-refractivity contribution in [2.24, 2.45) is 0 Å². The third-order valence-corrected chi connectivity index (χ3v) is 4.71. The molecule has 0 unspecified atom stereocenters. The summed E-state index contributed by atoms with van der Waals surface area (Å²) in [4.78, 5) is 12.2. The van der Waals surface area contributed by atoms with Gasteiger partial charge in [-0.25, -0.2) is 17.5 Å². The van der Waals surface area contributed by atoms with E-state index in [1.54, 1.807) is 26.0 Å². The van der Waals surface area contributed by atoms with Gasteiger partial charge in [0.05, 0.1) is 4.90 Å². The van der Waals surface area contributed by atoms with Crippen molar-refractivity contribution in [3.05, 3.63) is 59.4 Å². The molecule has 2 aromatic carbocycles. The molecule has 2 aromatic rings. The number of sulfonamides is 1. The van der Waals surface area contributed by atoms with Gasteiger partial charge in [0.15, 0.2) is 0 Å². The van der Waals surface area contributed by atoms with Crippen molar-refractivity contribution >= 4 is 21.6 Å². The summed E-state index contributed by atoms with van der Waals surface area (Å²) in [6.07, 6.45) is 0. The van der Waals surface area contributed by atoms with Gasteiger partial charge in [0.1, 0.15) is 5.82 Å². The van der Waals surface area contributed by atoms with E-state index in [0.717, 1.165) is 0 Å². The topological polar surface area (TPSA) is 75.3 Å². The van der Waals surface area contributed by atoms with Gasteiger partial charge in [-0.15, -0.1) is 0 Å². The van der Waals surface area contributed by atoms with E-state index in [4.69, 9.17) is 0 Å². The van der Waals surface area contributed by atoms with Crippen molar-refractivity contribution in [1.29, 1.82) is 0 Å². The summed E-state index contributed by atoms with van der Waals surface area (Å²) in [6, 6.07) is 10.00. The lowest BCUT2D eigenvalue weighted by molar-refractivity contribution is 0.102. The molecule has 23 heavy (non-hydrogen) atoms. The summed E-state index contributed by atoms with van der Waals surface area (Å²) >= 11 is 0. The minimum Gasteiger partial charge on any atom is -0.322 e. The van der Waals surface area contributed by atoms with Gasteiger partial charge in [-0.05, 0) is 42.8 Å². The first-order valence-electron chi connectivity index (χ1n) is 7.00. The number of carbonyl (C=O) groups excluding carboxylic acids is 1. The van der Waals surface area contributed by atoms with E-state index in [1.165, 1.54) is 30.3 Å². The van der Waals surface area contributed by atoms with E-state index in [0.29, 0.717) is 11.3 Å². The van der Waals surface area contributed by atoms with Gasteiger partial charge in [-0.3, -0.25) is 4.79 Å². The lowest BCUT2D eigenvalue weighted by Gasteiger charge is -2.08. The molecule has 0 atom stereocenters. The fourth-order valence-electron chi connectivity index (χ4n) is 1.95. The SMILES string of the molecule is CCNS(=O)(=O)c1cccc(C(=O)Nc2ccc(C)c(F)c2)c1. The number of anilines is 1. The number of hydrogen-bond acceptors (Lipinski definition) is 3. The van der Waals surface area contributed by atoms with Crippen LogP contribution in [0.3, 0.4) is 0 Å². The number of benzene rings is 2. The van der Waals surface area contributed by atoms with Gasteiger partial charge < -0.3 is 5.32 Å². The van der Waals surface area contributed by atoms with Gasteiger partial charge in [-0.2, -0.15) is 0 Å². The monoisotopic (exact) mass is 336 g/mol. The zero-order valence-corrected chi connectivity index (χ0v) is 13.6. The van der Waals surface area contributed by atoms with Crippen LogP contribution >= 0.6 is 0 Å². The van der Waals surface area contributed by atoms with Crippen molar-refractivity contribution in [2.75, 3.05) is 11.9 Å². The standard InChI is InChI=1S/C16H17FN2O3S/c1-3-18-23(21,22)14-6-4-5-12(9-14)16(20)19-13-8-7-11(2)15(17)10-13/h4-10,18H,3H2,1-2H3,(H,19,20). The van der Waals surface area contributed by atoms with Crippen LogP contribution in [0.5, 0.6) is 0 Å². The minimum atomic E-state index is -3.64. The van der Waals surface area contributed by atoms with Crippen LogP contribution in [0.25, 0.3) is 0 Å². The highest BCUT2D eigenvalue weighted by Crippen LogP contribution is 2.16. The van der Waals surface area contributed by atoms with Crippen LogP contribution in [0.4, 0.5) is 10.1 Å². The first-order chi connectivity index (χ1) is 10.8. The smallest absolute Gasteiger partial charge is 0.255 e. The van der Waals surface area contributed by atoms with E-state index in [9.17, 15) is 17.6 Å². The molecule has 0 saturated heterocycles. The van der Waals surface area contributed by atoms with Crippen LogP contribution in [0.2, 0.25) is 0 Å². The minimum absolute atomic E-state index is 0.00193. The van der Waals surface area contributed by atoms with Crippen molar-refractivity contribution in [2.45, 2.75) is 18.7 Å². The van der Waals surface area contributed by atoms with Gasteiger partial charge in [0.2, 0.25) is 10.0 Å². The summed E-state index contributed by atoms with van der Waals surface area (Å²) in [6.45, 7) is 3.54. The molecule has 0 spiro atoms. The quantitative estimate of drug-likeness (QED) is 0.881. The number of hydrogen-bond donors (Lipinski definition) is 2. The Morgan fingerprint density at radius 2 is 1.91 bits per heavy atom. The van der Waals surface area contributed by atoms with Crippen LogP contribution in [0.15, 0.2) is 47.4 Å². The fourth-order valence-corrected chi connectivity index (χ4v) is 3.04. The molecule has 122 valence electrons. The highest BCUT2D eigenvalue weighted by molar-refractivity contribution is 7.89. The normalized spacial score (nSPS) is 11.3. The van der Waals surface area contributed by atoms with Crippen molar-refractivity contribution in [1.82, 2.24) is 4.72 Å². The summed E-state index contributed by atoms with van der Waals surface area (Å²) in [5, 5.41) is 2.54. The summed E-state index contributed by atoms with van der Waals surface area (Å²) in [7, 11) is -3.64. The second-order valence-electron chi connectivity index (χ2n) is 4.95. The van der Waals surface area contributed by atoms with Gasteiger partial charge in [-0.1, -0.05) is 19.1 Å². The first kappa shape index (κ1) is 17.1. The van der Waals surface area contributed by atoms with Gasteiger partial charge in [0, 0.05) is 17.8 Å². The third-order valence-electron chi connectivity index (χ3n) is 3.17. The first-order valence-corrected chi connectivity index (χ1v) is 8.49. The molecule has 7 heteroatoms. The van der Waals surface area contributed by atoms with Crippen LogP contribution in [0, 0.1) is 12.7 Å². The van der Waals surface area contributed by atoms with Crippen LogP contribution in [-0.2, 0) is 10.0 Å². The fraction of sp³-hybridized carbons (Fsp3) is 0.188. The van der Waals surface area contributed by atoms with E-state index >= 15 is 0 Å². The largest absolute Gasteiger partial charge is 0.322 e. The second kappa shape index (κ2) is 6.89. The van der Waals surface area contributed by atoms with Gasteiger partial charge in [0.25, 0.3) is 5.91 Å². The zero-order chi connectivity index (χ0) is 17.0. The maximum atomic E-state index is 13.5. The molecule has 0 aromatic heterocycles. The number of amides is 1. The molecule has 5 nitrogen and oxygen atoms in total. The number of halogens is 1. The second-order valence-corrected chi connectivity index (χ2v) is 6.71. The van der Waals surface area contributed by atoms with Crippen molar-refractivity contribution < 1.29 is 17.6 Å². The Morgan fingerprint density at radius 3 is 2.57 bits per heavy atom.